The van der Waals surface area contributed by atoms with Gasteiger partial charge in [0.15, 0.2) is 0 Å². The van der Waals surface area contributed by atoms with Gasteiger partial charge in [-0.2, -0.15) is 0 Å². The Hall–Kier alpha value is -0.404. The number of benzene rings is 2. The van der Waals surface area contributed by atoms with Gasteiger partial charge in [-0.05, 0) is 34.8 Å². The molecule has 1 atom stereocenters. The fourth-order valence-electron chi connectivity index (χ4n) is 1.41. The largest absolute Gasteiger partial charge is 2.00 e. The van der Waals surface area contributed by atoms with Crippen LogP contribution >= 0.6 is 0 Å². The van der Waals surface area contributed by atoms with Gasteiger partial charge >= 0.3 is 23.1 Å². The topological polar surface area (TPSA) is 49.4 Å². The maximum atomic E-state index is 10.8. The SMILES string of the molecule is O=S([O-])c1cccc(OCc2ccccc2)c1.[Br-].[Mg+2]. The molecule has 1 unspecified atom stereocenters. The summed E-state index contributed by atoms with van der Waals surface area (Å²) in [5.41, 5.74) is 1.04. The second kappa shape index (κ2) is 9.49. The first-order valence-electron chi connectivity index (χ1n) is 5.12. The second-order valence-corrected chi connectivity index (χ2v) is 4.42. The van der Waals surface area contributed by atoms with Crippen molar-refractivity contribution in [2.75, 3.05) is 0 Å². The standard InChI is InChI=1S/C13H12O3S.BrH.Mg/c14-17(15)13-8-4-7-12(9-13)16-10-11-5-2-1-3-6-11;;/h1-9H,10H2,(H,14,15);1H;/q;;+2/p-2. The van der Waals surface area contributed by atoms with Crippen LogP contribution in [-0.2, 0) is 17.7 Å². The Morgan fingerprint density at radius 1 is 1.05 bits per heavy atom. The van der Waals surface area contributed by atoms with Gasteiger partial charge in [0.25, 0.3) is 0 Å². The Bertz CT molecular complexity index is 522. The van der Waals surface area contributed by atoms with Gasteiger partial charge in [-0.1, -0.05) is 36.4 Å². The molecular formula is C13H11BrMgO3S. The van der Waals surface area contributed by atoms with Crippen molar-refractivity contribution in [2.45, 2.75) is 11.5 Å². The van der Waals surface area contributed by atoms with Crippen molar-refractivity contribution in [1.82, 2.24) is 0 Å². The summed E-state index contributed by atoms with van der Waals surface area (Å²) < 4.78 is 27.1. The fraction of sp³-hybridized carbons (Fsp3) is 0.0769. The first kappa shape index (κ1) is 18.6. The van der Waals surface area contributed by atoms with E-state index in [2.05, 4.69) is 0 Å². The van der Waals surface area contributed by atoms with Crippen molar-refractivity contribution in [3.63, 3.8) is 0 Å². The molecule has 0 saturated heterocycles. The van der Waals surface area contributed by atoms with Gasteiger partial charge in [0.05, 0.1) is 0 Å². The summed E-state index contributed by atoms with van der Waals surface area (Å²) in [6, 6.07) is 16.1. The van der Waals surface area contributed by atoms with Crippen LogP contribution in [0.5, 0.6) is 5.75 Å². The minimum Gasteiger partial charge on any atom is -1.00 e. The molecule has 0 spiro atoms. The third-order valence-electron chi connectivity index (χ3n) is 2.25. The molecule has 0 N–H and O–H groups in total. The summed E-state index contributed by atoms with van der Waals surface area (Å²) in [5, 5.41) is 0. The summed E-state index contributed by atoms with van der Waals surface area (Å²) >= 11 is -2.22. The van der Waals surface area contributed by atoms with Crippen LogP contribution in [0.15, 0.2) is 59.5 Å². The monoisotopic (exact) mass is 350 g/mol. The minimum absolute atomic E-state index is 0. The quantitative estimate of drug-likeness (QED) is 0.531. The van der Waals surface area contributed by atoms with Crippen LogP contribution in [0.4, 0.5) is 0 Å². The molecule has 6 heteroatoms. The van der Waals surface area contributed by atoms with Crippen LogP contribution < -0.4 is 21.7 Å². The maximum Gasteiger partial charge on any atom is 2.00 e. The predicted molar refractivity (Wildman–Crippen MR) is 70.2 cm³/mol. The van der Waals surface area contributed by atoms with Crippen LogP contribution in [0.1, 0.15) is 5.56 Å². The molecule has 3 nitrogen and oxygen atoms in total. The van der Waals surface area contributed by atoms with Crippen molar-refractivity contribution < 1.29 is 30.5 Å². The third kappa shape index (κ3) is 6.05. The van der Waals surface area contributed by atoms with E-state index in [1.807, 2.05) is 30.3 Å². The van der Waals surface area contributed by atoms with E-state index in [1.54, 1.807) is 12.1 Å². The molecule has 19 heavy (non-hydrogen) atoms. The zero-order chi connectivity index (χ0) is 12.1. The number of hydrogen-bond donors (Lipinski definition) is 0. The van der Waals surface area contributed by atoms with E-state index < -0.39 is 11.1 Å². The van der Waals surface area contributed by atoms with Crippen molar-refractivity contribution >= 4 is 34.1 Å². The van der Waals surface area contributed by atoms with Crippen LogP contribution in [-0.4, -0.2) is 31.8 Å². The molecule has 0 amide bonds. The first-order chi connectivity index (χ1) is 8.25. The van der Waals surface area contributed by atoms with E-state index in [0.29, 0.717) is 12.4 Å². The molecule has 0 bridgehead atoms. The molecule has 0 aromatic heterocycles. The van der Waals surface area contributed by atoms with Gasteiger partial charge in [-0.15, -0.1) is 0 Å². The van der Waals surface area contributed by atoms with Crippen LogP contribution in [0.2, 0.25) is 0 Å². The van der Waals surface area contributed by atoms with Crippen molar-refractivity contribution in [3.8, 4) is 5.75 Å². The van der Waals surface area contributed by atoms with Crippen LogP contribution in [0.3, 0.4) is 0 Å². The predicted octanol–water partition coefficient (Wildman–Crippen LogP) is -0.873. The second-order valence-electron chi connectivity index (χ2n) is 3.48. The molecular weight excluding hydrogens is 340 g/mol. The summed E-state index contributed by atoms with van der Waals surface area (Å²) in [5.74, 6) is 0.551. The summed E-state index contributed by atoms with van der Waals surface area (Å²) in [7, 11) is 0. The van der Waals surface area contributed by atoms with Crippen molar-refractivity contribution in [1.29, 1.82) is 0 Å². The maximum absolute atomic E-state index is 10.8. The van der Waals surface area contributed by atoms with E-state index in [4.69, 9.17) is 4.74 Å². The summed E-state index contributed by atoms with van der Waals surface area (Å²) in [6.07, 6.45) is 0. The number of halogens is 1. The Balaban J connectivity index is 0.00000162. The molecule has 2 aromatic rings. The third-order valence-corrected chi connectivity index (χ3v) is 2.89. The fourth-order valence-corrected chi connectivity index (χ4v) is 1.81. The Morgan fingerprint density at radius 2 is 1.74 bits per heavy atom. The first-order valence-corrected chi connectivity index (χ1v) is 6.19. The molecule has 0 heterocycles. The van der Waals surface area contributed by atoms with E-state index in [9.17, 15) is 8.76 Å². The van der Waals surface area contributed by atoms with Crippen LogP contribution in [0, 0.1) is 0 Å². The average molecular weight is 352 g/mol. The summed E-state index contributed by atoms with van der Waals surface area (Å²) in [4.78, 5) is 0.232. The molecule has 0 aliphatic carbocycles. The number of hydrogen-bond acceptors (Lipinski definition) is 3. The molecule has 0 aliphatic rings. The zero-order valence-electron chi connectivity index (χ0n) is 10.1. The van der Waals surface area contributed by atoms with E-state index in [-0.39, 0.29) is 44.9 Å². The van der Waals surface area contributed by atoms with Crippen molar-refractivity contribution in [2.24, 2.45) is 0 Å². The summed E-state index contributed by atoms with van der Waals surface area (Å²) in [6.45, 7) is 0.426. The number of ether oxygens (including phenoxy) is 1. The average Bonchev–Trinajstić information content (AvgIpc) is 2.38. The van der Waals surface area contributed by atoms with E-state index in [1.165, 1.54) is 12.1 Å². The van der Waals surface area contributed by atoms with Gasteiger partial charge < -0.3 is 26.3 Å². The Morgan fingerprint density at radius 3 is 2.37 bits per heavy atom. The van der Waals surface area contributed by atoms with E-state index >= 15 is 0 Å². The smallest absolute Gasteiger partial charge is 1.00 e. The van der Waals surface area contributed by atoms with Gasteiger partial charge in [-0.3, -0.25) is 4.21 Å². The molecule has 0 fully saturated rings. The van der Waals surface area contributed by atoms with Gasteiger partial charge in [0, 0.05) is 4.90 Å². The van der Waals surface area contributed by atoms with Gasteiger partial charge in [-0.25, -0.2) is 0 Å². The molecule has 96 valence electrons. The van der Waals surface area contributed by atoms with Crippen LogP contribution in [0.25, 0.3) is 0 Å². The molecule has 0 aliphatic heterocycles. The van der Waals surface area contributed by atoms with E-state index in [0.717, 1.165) is 5.56 Å². The molecule has 2 rings (SSSR count). The normalized spacial score (nSPS) is 10.8. The van der Waals surface area contributed by atoms with Gasteiger partial charge in [0.2, 0.25) is 0 Å². The Kier molecular flexibility index (Phi) is 9.29. The molecule has 0 radical (unpaired) electrons. The number of rotatable bonds is 4. The zero-order valence-corrected chi connectivity index (χ0v) is 13.9. The van der Waals surface area contributed by atoms with Crippen molar-refractivity contribution in [3.05, 3.63) is 60.2 Å². The minimum atomic E-state index is -2.22. The van der Waals surface area contributed by atoms with Gasteiger partial charge in [0.1, 0.15) is 12.4 Å². The molecule has 0 saturated carbocycles. The Labute approximate surface area is 141 Å². The molecule has 2 aromatic carbocycles.